The van der Waals surface area contributed by atoms with Gasteiger partial charge in [-0.2, -0.15) is 0 Å². The molecule has 0 spiro atoms. The average Bonchev–Trinajstić information content (AvgIpc) is 3.38. The van der Waals surface area contributed by atoms with Crippen LogP contribution in [-0.4, -0.2) is 16.4 Å². The van der Waals surface area contributed by atoms with Crippen LogP contribution in [0.3, 0.4) is 0 Å². The molecule has 1 aromatic heterocycles. The number of thiazole rings is 1. The molecule has 2 aliphatic rings. The van der Waals surface area contributed by atoms with Crippen LogP contribution in [0.5, 0.6) is 0 Å². The van der Waals surface area contributed by atoms with E-state index in [9.17, 15) is 14.4 Å². The van der Waals surface area contributed by atoms with Crippen molar-refractivity contribution >= 4 is 51.7 Å². The monoisotopic (exact) mass is 540 g/mol. The maximum atomic E-state index is 14.1. The molecule has 4 aromatic rings. The molecule has 0 bridgehead atoms. The number of rotatable bonds is 3. The Hall–Kier alpha value is -4.27. The third kappa shape index (κ3) is 3.98. The molecule has 38 heavy (non-hydrogen) atoms. The predicted octanol–water partition coefficient (Wildman–Crippen LogP) is 4.16. The van der Waals surface area contributed by atoms with Gasteiger partial charge in [-0.15, -0.1) is 0 Å². The zero-order valence-electron chi connectivity index (χ0n) is 20.4. The topological polar surface area (TPSA) is 92.6 Å². The second-order valence-electron chi connectivity index (χ2n) is 9.15. The Morgan fingerprint density at radius 3 is 2.50 bits per heavy atom. The van der Waals surface area contributed by atoms with Crippen molar-refractivity contribution in [3.8, 4) is 0 Å². The van der Waals surface area contributed by atoms with Crippen LogP contribution >= 0.6 is 22.9 Å². The molecule has 3 aromatic carbocycles. The minimum Gasteiger partial charge on any atom is -0.322 e. The van der Waals surface area contributed by atoms with E-state index in [1.807, 2.05) is 43.3 Å². The standard InChI is InChI=1S/C29H21ClN4O3S/c1-15-8-13-21-20(14-15)23(27(36)33-21)25-28(37)34-24(17-9-11-18(30)12-10-17)22(16(2)31-29(34)38-25)26(35)32-19-6-4-3-5-7-19/h3-14,24H,1-2H3,(H,32,35)(H,33,36)/b25-23-/t24-/m0/s1. The summed E-state index contributed by atoms with van der Waals surface area (Å²) in [6.45, 7) is 3.69. The summed E-state index contributed by atoms with van der Waals surface area (Å²) >= 11 is 7.31. The fourth-order valence-electron chi connectivity index (χ4n) is 4.85. The first-order valence-electron chi connectivity index (χ1n) is 11.9. The highest BCUT2D eigenvalue weighted by Gasteiger charge is 2.34. The van der Waals surface area contributed by atoms with Crippen LogP contribution in [0.1, 0.15) is 29.7 Å². The summed E-state index contributed by atoms with van der Waals surface area (Å²) < 4.78 is 1.78. The molecule has 1 atom stereocenters. The number of hydrogen-bond donors (Lipinski definition) is 2. The van der Waals surface area contributed by atoms with Gasteiger partial charge in [0, 0.05) is 22.0 Å². The van der Waals surface area contributed by atoms with Crippen LogP contribution in [-0.2, 0) is 9.59 Å². The van der Waals surface area contributed by atoms with Crippen LogP contribution in [0, 0.1) is 6.92 Å². The number of hydrogen-bond acceptors (Lipinski definition) is 5. The summed E-state index contributed by atoms with van der Waals surface area (Å²) in [4.78, 5) is 45.8. The summed E-state index contributed by atoms with van der Waals surface area (Å²) in [5.74, 6) is -0.702. The van der Waals surface area contributed by atoms with Crippen LogP contribution < -0.4 is 25.5 Å². The number of nitrogens with one attached hydrogen (secondary N) is 2. The van der Waals surface area contributed by atoms with Gasteiger partial charge in [-0.25, -0.2) is 4.99 Å². The first-order chi connectivity index (χ1) is 18.3. The van der Waals surface area contributed by atoms with E-state index in [0.29, 0.717) is 49.2 Å². The van der Waals surface area contributed by atoms with Gasteiger partial charge < -0.3 is 10.6 Å². The maximum absolute atomic E-state index is 14.1. The van der Waals surface area contributed by atoms with Gasteiger partial charge in [0.2, 0.25) is 0 Å². The van der Waals surface area contributed by atoms with E-state index >= 15 is 0 Å². The average molecular weight is 541 g/mol. The molecule has 9 heteroatoms. The number of carbonyl (C=O) groups excluding carboxylic acids is 2. The lowest BCUT2D eigenvalue weighted by atomic mass is 9.95. The van der Waals surface area contributed by atoms with Gasteiger partial charge in [0.15, 0.2) is 4.80 Å². The van der Waals surface area contributed by atoms with Crippen molar-refractivity contribution in [2.45, 2.75) is 19.9 Å². The number of amides is 2. The van der Waals surface area contributed by atoms with Crippen molar-refractivity contribution in [3.05, 3.63) is 125 Å². The van der Waals surface area contributed by atoms with Crippen LogP contribution in [0.15, 0.2) is 93.9 Å². The first kappa shape index (κ1) is 24.1. The fourth-order valence-corrected chi connectivity index (χ4v) is 6.12. The molecule has 0 radical (unpaired) electrons. The molecule has 6 rings (SSSR count). The second kappa shape index (κ2) is 9.24. The Kier molecular flexibility index (Phi) is 5.86. The lowest BCUT2D eigenvalue weighted by Crippen LogP contribution is -2.41. The number of allylic oxidation sites excluding steroid dienone is 1. The summed E-state index contributed by atoms with van der Waals surface area (Å²) in [7, 11) is 0. The SMILES string of the molecule is CC1=C(C(=O)Nc2ccccc2)[C@H](c2ccc(Cl)cc2)n2c(s/c(=C3\C(=O)Nc4ccc(C)cc43)c2=O)=N1. The Morgan fingerprint density at radius 1 is 1.03 bits per heavy atom. The molecular weight excluding hydrogens is 520 g/mol. The van der Waals surface area contributed by atoms with Crippen molar-refractivity contribution < 1.29 is 9.59 Å². The van der Waals surface area contributed by atoms with Gasteiger partial charge in [-0.1, -0.05) is 64.9 Å². The third-order valence-electron chi connectivity index (χ3n) is 6.61. The van der Waals surface area contributed by atoms with Gasteiger partial charge in [-0.3, -0.25) is 19.0 Å². The number of aryl methyl sites for hydroxylation is 1. The maximum Gasteiger partial charge on any atom is 0.271 e. The van der Waals surface area contributed by atoms with Gasteiger partial charge in [0.05, 0.1) is 22.9 Å². The van der Waals surface area contributed by atoms with Gasteiger partial charge in [-0.05, 0) is 55.8 Å². The molecule has 0 aliphatic carbocycles. The van der Waals surface area contributed by atoms with Crippen molar-refractivity contribution in [2.75, 3.05) is 10.6 Å². The van der Waals surface area contributed by atoms with Crippen molar-refractivity contribution in [3.63, 3.8) is 0 Å². The Balaban J connectivity index is 1.59. The summed E-state index contributed by atoms with van der Waals surface area (Å²) in [5.41, 5.74) is 4.41. The summed E-state index contributed by atoms with van der Waals surface area (Å²) in [6, 6.07) is 21.0. The number of carbonyl (C=O) groups is 2. The van der Waals surface area contributed by atoms with Crippen molar-refractivity contribution in [2.24, 2.45) is 4.99 Å². The van der Waals surface area contributed by atoms with E-state index < -0.39 is 6.04 Å². The van der Waals surface area contributed by atoms with E-state index in [1.165, 1.54) is 4.57 Å². The van der Waals surface area contributed by atoms with Crippen molar-refractivity contribution in [1.29, 1.82) is 0 Å². The first-order valence-corrected chi connectivity index (χ1v) is 13.1. The Bertz CT molecular complexity index is 1850. The highest BCUT2D eigenvalue weighted by Crippen LogP contribution is 2.33. The predicted molar refractivity (Wildman–Crippen MR) is 149 cm³/mol. The highest BCUT2D eigenvalue weighted by atomic mass is 35.5. The molecule has 7 nitrogen and oxygen atoms in total. The quantitative estimate of drug-likeness (QED) is 0.409. The molecular formula is C29H21ClN4O3S. The largest absolute Gasteiger partial charge is 0.322 e. The zero-order chi connectivity index (χ0) is 26.6. The number of halogens is 1. The number of anilines is 2. The normalized spacial score (nSPS) is 17.4. The van der Waals surface area contributed by atoms with Gasteiger partial charge in [0.1, 0.15) is 4.53 Å². The minimum atomic E-state index is -0.761. The number of aromatic nitrogens is 1. The second-order valence-corrected chi connectivity index (χ2v) is 10.6. The van der Waals surface area contributed by atoms with Crippen LogP contribution in [0.4, 0.5) is 11.4 Å². The lowest BCUT2D eigenvalue weighted by molar-refractivity contribution is -0.113. The molecule has 188 valence electrons. The van der Waals surface area contributed by atoms with Crippen molar-refractivity contribution in [1.82, 2.24) is 4.57 Å². The molecule has 2 amide bonds. The molecule has 2 N–H and O–H groups in total. The third-order valence-corrected chi connectivity index (χ3v) is 7.91. The smallest absolute Gasteiger partial charge is 0.271 e. The summed E-state index contributed by atoms with van der Waals surface area (Å²) in [6.07, 6.45) is 0. The summed E-state index contributed by atoms with van der Waals surface area (Å²) in [5, 5.41) is 6.32. The molecule has 3 heterocycles. The molecule has 0 saturated carbocycles. The zero-order valence-corrected chi connectivity index (χ0v) is 22.0. The molecule has 0 saturated heterocycles. The Labute approximate surface area is 226 Å². The van der Waals surface area contributed by atoms with Gasteiger partial charge in [0.25, 0.3) is 17.4 Å². The number of para-hydroxylation sites is 1. The molecule has 2 aliphatic heterocycles. The molecule has 0 unspecified atom stereocenters. The number of nitrogens with zero attached hydrogens (tertiary/aromatic N) is 2. The highest BCUT2D eigenvalue weighted by molar-refractivity contribution is 7.07. The van der Waals surface area contributed by atoms with Crippen LogP contribution in [0.25, 0.3) is 5.57 Å². The van der Waals surface area contributed by atoms with E-state index in [1.54, 1.807) is 43.3 Å². The number of fused-ring (bicyclic) bond motifs is 2. The van der Waals surface area contributed by atoms with E-state index in [-0.39, 0.29) is 21.9 Å². The lowest BCUT2D eigenvalue weighted by Gasteiger charge is -2.25. The minimum absolute atomic E-state index is 0.280. The number of benzene rings is 3. The van der Waals surface area contributed by atoms with Gasteiger partial charge >= 0.3 is 0 Å². The van der Waals surface area contributed by atoms with E-state index in [0.717, 1.165) is 16.9 Å². The van der Waals surface area contributed by atoms with Crippen LogP contribution in [0.2, 0.25) is 5.02 Å². The fraction of sp³-hybridized carbons (Fsp3) is 0.103. The van der Waals surface area contributed by atoms with E-state index in [2.05, 4.69) is 15.6 Å². The molecule has 0 fully saturated rings. The Morgan fingerprint density at radius 2 is 1.76 bits per heavy atom. The van der Waals surface area contributed by atoms with E-state index in [4.69, 9.17) is 11.6 Å².